The van der Waals surface area contributed by atoms with Gasteiger partial charge in [-0.3, -0.25) is 0 Å². The Hall–Kier alpha value is 0.660. The number of aryl methyl sites for hydroxylation is 1. The van der Waals surface area contributed by atoms with Gasteiger partial charge in [0, 0.05) is 9.70 Å². The average molecular weight is 312 g/mol. The zero-order valence-electron chi connectivity index (χ0n) is 7.40. The molecule has 1 aromatic heterocycles. The van der Waals surface area contributed by atoms with Crippen LogP contribution in [0.3, 0.4) is 0 Å². The van der Waals surface area contributed by atoms with Crippen LogP contribution in [0.1, 0.15) is 29.1 Å². The third-order valence-electron chi connectivity index (χ3n) is 1.81. The van der Waals surface area contributed by atoms with Crippen molar-refractivity contribution < 1.29 is 0 Å². The van der Waals surface area contributed by atoms with Crippen LogP contribution in [0.4, 0.5) is 0 Å². The van der Waals surface area contributed by atoms with Crippen LogP contribution in [0.5, 0.6) is 0 Å². The number of alkyl halides is 1. The van der Waals surface area contributed by atoms with E-state index < -0.39 is 0 Å². The maximum Gasteiger partial charge on any atom is 0.0704 e. The Bertz CT molecular complexity index is 265. The molecule has 0 amide bonds. The molecule has 1 aromatic rings. The highest BCUT2D eigenvalue weighted by Gasteiger charge is 2.16. The average Bonchev–Trinajstić information content (AvgIpc) is 2.28. The van der Waals surface area contributed by atoms with Crippen molar-refractivity contribution in [1.29, 1.82) is 0 Å². The Balaban J connectivity index is 2.94. The molecule has 0 saturated heterocycles. The van der Waals surface area contributed by atoms with Crippen molar-refractivity contribution in [3.63, 3.8) is 0 Å². The molecule has 1 atom stereocenters. The Morgan fingerprint density at radius 3 is 2.33 bits per heavy atom. The van der Waals surface area contributed by atoms with E-state index in [0.717, 1.165) is 0 Å². The van der Waals surface area contributed by atoms with Crippen LogP contribution >= 0.6 is 43.2 Å². The Morgan fingerprint density at radius 1 is 1.42 bits per heavy atom. The highest BCUT2D eigenvalue weighted by atomic mass is 79.9. The summed E-state index contributed by atoms with van der Waals surface area (Å²) in [5.41, 5.74) is 1.42. The topological polar surface area (TPSA) is 0 Å². The van der Waals surface area contributed by atoms with E-state index in [0.29, 0.717) is 10.7 Å². The molecule has 0 saturated carbocycles. The van der Waals surface area contributed by atoms with Crippen LogP contribution in [0, 0.1) is 12.8 Å². The highest BCUT2D eigenvalue weighted by molar-refractivity contribution is 9.11. The number of halogens is 2. The summed E-state index contributed by atoms with van der Waals surface area (Å²) < 4.78 is 1.22. The summed E-state index contributed by atoms with van der Waals surface area (Å²) in [4.78, 5) is 1.89. The van der Waals surface area contributed by atoms with E-state index in [4.69, 9.17) is 0 Å². The van der Waals surface area contributed by atoms with Gasteiger partial charge in [0.05, 0.1) is 3.79 Å². The van der Waals surface area contributed by atoms with Gasteiger partial charge < -0.3 is 0 Å². The van der Waals surface area contributed by atoms with Crippen molar-refractivity contribution in [2.45, 2.75) is 25.6 Å². The maximum atomic E-state index is 3.70. The lowest BCUT2D eigenvalue weighted by molar-refractivity contribution is 0.640. The van der Waals surface area contributed by atoms with Gasteiger partial charge in [0.1, 0.15) is 0 Å². The van der Waals surface area contributed by atoms with E-state index in [1.165, 1.54) is 14.2 Å². The molecule has 0 aliphatic carbocycles. The molecule has 0 aliphatic rings. The Kier molecular flexibility index (Phi) is 3.80. The second-order valence-corrected chi connectivity index (χ2v) is 6.83. The molecule has 0 N–H and O–H groups in total. The summed E-state index contributed by atoms with van der Waals surface area (Å²) in [6, 6.07) is 2.21. The van der Waals surface area contributed by atoms with Crippen LogP contribution < -0.4 is 0 Å². The summed E-state index contributed by atoms with van der Waals surface area (Å²) in [6.45, 7) is 6.62. The second kappa shape index (κ2) is 4.25. The fourth-order valence-electron chi connectivity index (χ4n) is 1.09. The van der Waals surface area contributed by atoms with E-state index in [-0.39, 0.29) is 0 Å². The van der Waals surface area contributed by atoms with Crippen LogP contribution in [0.25, 0.3) is 0 Å². The molecule has 0 spiro atoms. The van der Waals surface area contributed by atoms with Gasteiger partial charge in [0.25, 0.3) is 0 Å². The standard InChI is InChI=1S/C9H12Br2S/c1-5(2)9(11)7-4-8(10)12-6(7)3/h4-5,9H,1-3H3. The van der Waals surface area contributed by atoms with Gasteiger partial charge in [0.15, 0.2) is 0 Å². The van der Waals surface area contributed by atoms with Gasteiger partial charge in [-0.25, -0.2) is 0 Å². The summed E-state index contributed by atoms with van der Waals surface area (Å²) in [5.74, 6) is 0.644. The van der Waals surface area contributed by atoms with Gasteiger partial charge in [-0.15, -0.1) is 11.3 Å². The first-order valence-corrected chi connectivity index (χ1v) is 6.44. The van der Waals surface area contributed by atoms with Gasteiger partial charge in [-0.05, 0) is 40.4 Å². The molecule has 0 aliphatic heterocycles. The van der Waals surface area contributed by atoms with Crippen molar-refractivity contribution >= 4 is 43.2 Å². The molecule has 0 nitrogen and oxygen atoms in total. The zero-order valence-corrected chi connectivity index (χ0v) is 11.4. The lowest BCUT2D eigenvalue weighted by Crippen LogP contribution is -1.98. The lowest BCUT2D eigenvalue weighted by Gasteiger charge is -2.12. The van der Waals surface area contributed by atoms with E-state index in [2.05, 4.69) is 58.7 Å². The molecule has 1 unspecified atom stereocenters. The van der Waals surface area contributed by atoms with Crippen LogP contribution in [0.15, 0.2) is 9.85 Å². The van der Waals surface area contributed by atoms with Gasteiger partial charge in [0.2, 0.25) is 0 Å². The van der Waals surface area contributed by atoms with Crippen molar-refractivity contribution in [2.75, 3.05) is 0 Å². The monoisotopic (exact) mass is 310 g/mol. The number of rotatable bonds is 2. The predicted octanol–water partition coefficient (Wildman–Crippen LogP) is 4.91. The molecule has 0 fully saturated rings. The largest absolute Gasteiger partial charge is 0.133 e. The number of thiophene rings is 1. The molecule has 1 rings (SSSR count). The van der Waals surface area contributed by atoms with Gasteiger partial charge in [-0.1, -0.05) is 29.8 Å². The quantitative estimate of drug-likeness (QED) is 0.681. The van der Waals surface area contributed by atoms with Crippen LogP contribution in [0.2, 0.25) is 0 Å². The SMILES string of the molecule is Cc1sc(Br)cc1C(Br)C(C)C. The number of hydrogen-bond donors (Lipinski definition) is 0. The van der Waals surface area contributed by atoms with Crippen molar-refractivity contribution in [3.05, 3.63) is 20.3 Å². The van der Waals surface area contributed by atoms with Crippen molar-refractivity contribution in [3.8, 4) is 0 Å². The zero-order chi connectivity index (χ0) is 9.30. The molecule has 12 heavy (non-hydrogen) atoms. The first-order valence-electron chi connectivity index (χ1n) is 3.92. The minimum absolute atomic E-state index is 0.486. The normalized spacial score (nSPS) is 13.8. The molecule has 68 valence electrons. The smallest absolute Gasteiger partial charge is 0.0704 e. The summed E-state index contributed by atoms with van der Waals surface area (Å²) >= 11 is 9.00. The fourth-order valence-corrected chi connectivity index (χ4v) is 3.48. The van der Waals surface area contributed by atoms with E-state index in [1.54, 1.807) is 11.3 Å². The maximum absolute atomic E-state index is 3.70. The van der Waals surface area contributed by atoms with Gasteiger partial charge >= 0.3 is 0 Å². The van der Waals surface area contributed by atoms with E-state index >= 15 is 0 Å². The molecule has 3 heteroatoms. The summed E-state index contributed by atoms with van der Waals surface area (Å²) in [5, 5.41) is 0. The molecule has 1 heterocycles. The molecule has 0 aromatic carbocycles. The third kappa shape index (κ3) is 2.33. The first-order chi connectivity index (χ1) is 5.52. The Labute approximate surface area is 94.6 Å². The van der Waals surface area contributed by atoms with Gasteiger partial charge in [-0.2, -0.15) is 0 Å². The molecular weight excluding hydrogens is 300 g/mol. The number of hydrogen-bond acceptors (Lipinski definition) is 1. The first kappa shape index (κ1) is 10.7. The minimum atomic E-state index is 0.486. The summed E-state index contributed by atoms with van der Waals surface area (Å²) in [7, 11) is 0. The van der Waals surface area contributed by atoms with Crippen LogP contribution in [-0.4, -0.2) is 0 Å². The molecular formula is C9H12Br2S. The molecule has 0 radical (unpaired) electrons. The fraction of sp³-hybridized carbons (Fsp3) is 0.556. The molecule has 0 bridgehead atoms. The van der Waals surface area contributed by atoms with Crippen molar-refractivity contribution in [1.82, 2.24) is 0 Å². The summed E-state index contributed by atoms with van der Waals surface area (Å²) in [6.07, 6.45) is 0. The van der Waals surface area contributed by atoms with Crippen LogP contribution in [-0.2, 0) is 0 Å². The predicted molar refractivity (Wildman–Crippen MR) is 63.3 cm³/mol. The second-order valence-electron chi connectivity index (χ2n) is 3.21. The lowest BCUT2D eigenvalue weighted by atomic mass is 10.0. The highest BCUT2D eigenvalue weighted by Crippen LogP contribution is 2.38. The van der Waals surface area contributed by atoms with E-state index in [9.17, 15) is 0 Å². The Morgan fingerprint density at radius 2 is 2.00 bits per heavy atom. The minimum Gasteiger partial charge on any atom is -0.133 e. The van der Waals surface area contributed by atoms with Crippen molar-refractivity contribution in [2.24, 2.45) is 5.92 Å². The third-order valence-corrected chi connectivity index (χ3v) is 4.93. The van der Waals surface area contributed by atoms with E-state index in [1.807, 2.05) is 0 Å².